The molecule has 0 radical (unpaired) electrons. The maximum Gasteiger partial charge on any atom is 0.412 e. The van der Waals surface area contributed by atoms with Gasteiger partial charge in [0.2, 0.25) is 5.89 Å². The van der Waals surface area contributed by atoms with Gasteiger partial charge in [0, 0.05) is 18.5 Å². The Kier molecular flexibility index (Phi) is 3.11. The Labute approximate surface area is 118 Å². The molecule has 3 rings (SSSR count). The lowest BCUT2D eigenvalue weighted by Gasteiger charge is -1.98. The number of carbonyl (C=O) groups excluding carboxylic acids is 1. The second-order valence-corrected chi connectivity index (χ2v) is 4.03. The van der Waals surface area contributed by atoms with E-state index in [1.807, 2.05) is 0 Å². The van der Waals surface area contributed by atoms with Gasteiger partial charge in [0.15, 0.2) is 5.58 Å². The highest BCUT2D eigenvalue weighted by Gasteiger charge is 2.11. The van der Waals surface area contributed by atoms with Crippen LogP contribution in [0.1, 0.15) is 0 Å². The van der Waals surface area contributed by atoms with Crippen molar-refractivity contribution in [2.24, 2.45) is 5.73 Å². The fourth-order valence-electron chi connectivity index (χ4n) is 1.72. The molecular formula is C13H10N4O4. The Morgan fingerprint density at radius 3 is 2.71 bits per heavy atom. The van der Waals surface area contributed by atoms with Crippen LogP contribution < -0.4 is 15.2 Å². The molecule has 0 bridgehead atoms. The summed E-state index contributed by atoms with van der Waals surface area (Å²) in [4.78, 5) is 22.6. The number of oxazole rings is 1. The number of hydrogen-bond acceptors (Lipinski definition) is 7. The first kappa shape index (κ1) is 12.9. The SMILES string of the molecule is COc1ccc2nc(-c3cnc(OC(N)=O)nc3)oc2c1. The highest BCUT2D eigenvalue weighted by atomic mass is 16.6. The van der Waals surface area contributed by atoms with Crippen LogP contribution in [0.4, 0.5) is 4.79 Å². The Morgan fingerprint density at radius 2 is 2.05 bits per heavy atom. The molecule has 0 aliphatic carbocycles. The summed E-state index contributed by atoms with van der Waals surface area (Å²) in [5.74, 6) is 1.02. The molecule has 3 aromatic rings. The molecule has 2 heterocycles. The van der Waals surface area contributed by atoms with E-state index in [2.05, 4.69) is 19.7 Å². The van der Waals surface area contributed by atoms with Crippen LogP contribution in [0.3, 0.4) is 0 Å². The summed E-state index contributed by atoms with van der Waals surface area (Å²) >= 11 is 0. The van der Waals surface area contributed by atoms with E-state index < -0.39 is 6.09 Å². The third kappa shape index (κ3) is 2.59. The van der Waals surface area contributed by atoms with Gasteiger partial charge in [-0.25, -0.2) is 19.7 Å². The third-order valence-corrected chi connectivity index (χ3v) is 2.66. The molecule has 8 nitrogen and oxygen atoms in total. The zero-order valence-electron chi connectivity index (χ0n) is 10.9. The maximum absolute atomic E-state index is 10.6. The highest BCUT2D eigenvalue weighted by Crippen LogP contribution is 2.26. The van der Waals surface area contributed by atoms with Gasteiger partial charge in [0.05, 0.1) is 12.7 Å². The van der Waals surface area contributed by atoms with Crippen LogP contribution in [0.15, 0.2) is 35.0 Å². The van der Waals surface area contributed by atoms with Crippen molar-refractivity contribution in [3.63, 3.8) is 0 Å². The van der Waals surface area contributed by atoms with Gasteiger partial charge in [-0.2, -0.15) is 0 Å². The van der Waals surface area contributed by atoms with Crippen LogP contribution in [0, 0.1) is 0 Å². The number of aromatic nitrogens is 3. The Balaban J connectivity index is 1.94. The molecule has 2 N–H and O–H groups in total. The summed E-state index contributed by atoms with van der Waals surface area (Å²) in [6.45, 7) is 0. The molecule has 0 atom stereocenters. The van der Waals surface area contributed by atoms with Gasteiger partial charge >= 0.3 is 12.1 Å². The van der Waals surface area contributed by atoms with Crippen molar-refractivity contribution in [2.75, 3.05) is 7.11 Å². The van der Waals surface area contributed by atoms with E-state index in [1.165, 1.54) is 12.4 Å². The van der Waals surface area contributed by atoms with Crippen LogP contribution in [0.2, 0.25) is 0 Å². The zero-order chi connectivity index (χ0) is 14.8. The summed E-state index contributed by atoms with van der Waals surface area (Å²) in [5, 5.41) is 0. The number of rotatable bonds is 3. The van der Waals surface area contributed by atoms with Crippen molar-refractivity contribution >= 4 is 17.2 Å². The number of nitrogens with two attached hydrogens (primary N) is 1. The predicted molar refractivity (Wildman–Crippen MR) is 71.8 cm³/mol. The molecular weight excluding hydrogens is 276 g/mol. The first-order valence-electron chi connectivity index (χ1n) is 5.90. The minimum absolute atomic E-state index is 0.135. The predicted octanol–water partition coefficient (Wildman–Crippen LogP) is 1.75. The number of hydrogen-bond donors (Lipinski definition) is 1. The van der Waals surface area contributed by atoms with Crippen LogP contribution in [0.5, 0.6) is 11.8 Å². The van der Waals surface area contributed by atoms with E-state index in [1.54, 1.807) is 25.3 Å². The summed E-state index contributed by atoms with van der Waals surface area (Å²) in [6, 6.07) is 5.17. The lowest BCUT2D eigenvalue weighted by Crippen LogP contribution is -2.17. The number of methoxy groups -OCH3 is 1. The standard InChI is InChI=1S/C13H10N4O4/c1-19-8-2-3-9-10(4-8)20-11(17-9)7-5-15-13(16-6-7)21-12(14)18/h2-6H,1H3,(H2,14,18). The number of carbonyl (C=O) groups is 1. The molecule has 0 spiro atoms. The lowest BCUT2D eigenvalue weighted by molar-refractivity contribution is 0.207. The molecule has 0 saturated heterocycles. The van der Waals surface area contributed by atoms with Crippen LogP contribution in [-0.4, -0.2) is 28.2 Å². The summed E-state index contributed by atoms with van der Waals surface area (Å²) < 4.78 is 15.3. The molecule has 0 aliphatic rings. The molecule has 0 aliphatic heterocycles. The third-order valence-electron chi connectivity index (χ3n) is 2.66. The largest absolute Gasteiger partial charge is 0.497 e. The maximum atomic E-state index is 10.6. The molecule has 1 aromatic carbocycles. The average molecular weight is 286 g/mol. The smallest absolute Gasteiger partial charge is 0.412 e. The van der Waals surface area contributed by atoms with E-state index in [4.69, 9.17) is 14.9 Å². The quantitative estimate of drug-likeness (QED) is 0.780. The van der Waals surface area contributed by atoms with E-state index >= 15 is 0 Å². The molecule has 8 heteroatoms. The van der Waals surface area contributed by atoms with Gasteiger partial charge in [-0.1, -0.05) is 0 Å². The first-order valence-corrected chi connectivity index (χ1v) is 5.90. The second kappa shape index (κ2) is 5.08. The Bertz CT molecular complexity index is 798. The highest BCUT2D eigenvalue weighted by molar-refractivity contribution is 5.77. The Hall–Kier alpha value is -3.16. The second-order valence-electron chi connectivity index (χ2n) is 4.03. The van der Waals surface area contributed by atoms with Gasteiger partial charge in [-0.15, -0.1) is 0 Å². The molecule has 0 unspecified atom stereocenters. The molecule has 21 heavy (non-hydrogen) atoms. The Morgan fingerprint density at radius 1 is 1.29 bits per heavy atom. The molecule has 1 amide bonds. The van der Waals surface area contributed by atoms with Gasteiger partial charge in [0.1, 0.15) is 11.3 Å². The van der Waals surface area contributed by atoms with E-state index in [0.29, 0.717) is 28.3 Å². The zero-order valence-corrected chi connectivity index (χ0v) is 10.9. The van der Waals surface area contributed by atoms with E-state index in [-0.39, 0.29) is 6.01 Å². The molecule has 0 saturated carbocycles. The number of benzene rings is 1. The van der Waals surface area contributed by atoms with Gasteiger partial charge in [-0.05, 0) is 12.1 Å². The van der Waals surface area contributed by atoms with Crippen molar-refractivity contribution in [3.05, 3.63) is 30.6 Å². The van der Waals surface area contributed by atoms with Gasteiger partial charge in [-0.3, -0.25) is 0 Å². The van der Waals surface area contributed by atoms with Crippen molar-refractivity contribution in [2.45, 2.75) is 0 Å². The van der Waals surface area contributed by atoms with Crippen LogP contribution in [-0.2, 0) is 0 Å². The molecule has 106 valence electrons. The fraction of sp³-hybridized carbons (Fsp3) is 0.0769. The minimum atomic E-state index is -0.975. The van der Waals surface area contributed by atoms with Crippen LogP contribution in [0.25, 0.3) is 22.6 Å². The monoisotopic (exact) mass is 286 g/mol. The normalized spacial score (nSPS) is 10.5. The molecule has 0 fully saturated rings. The number of fused-ring (bicyclic) bond motifs is 1. The van der Waals surface area contributed by atoms with E-state index in [9.17, 15) is 4.79 Å². The lowest BCUT2D eigenvalue weighted by atomic mass is 10.3. The van der Waals surface area contributed by atoms with Crippen LogP contribution >= 0.6 is 0 Å². The summed E-state index contributed by atoms with van der Waals surface area (Å²) in [7, 11) is 1.57. The van der Waals surface area contributed by atoms with E-state index in [0.717, 1.165) is 0 Å². The van der Waals surface area contributed by atoms with Crippen molar-refractivity contribution in [3.8, 4) is 23.2 Å². The van der Waals surface area contributed by atoms with Gasteiger partial charge < -0.3 is 19.6 Å². The number of nitrogens with zero attached hydrogens (tertiary/aromatic N) is 3. The topological polar surface area (TPSA) is 113 Å². The van der Waals surface area contributed by atoms with Crippen molar-refractivity contribution in [1.29, 1.82) is 0 Å². The van der Waals surface area contributed by atoms with Crippen molar-refractivity contribution in [1.82, 2.24) is 15.0 Å². The number of ether oxygens (including phenoxy) is 2. The van der Waals surface area contributed by atoms with Gasteiger partial charge in [0.25, 0.3) is 0 Å². The summed E-state index contributed by atoms with van der Waals surface area (Å²) in [5.41, 5.74) is 6.68. The summed E-state index contributed by atoms with van der Waals surface area (Å²) in [6.07, 6.45) is 1.87. The minimum Gasteiger partial charge on any atom is -0.497 e. The fourth-order valence-corrected chi connectivity index (χ4v) is 1.72. The number of primary amides is 1. The van der Waals surface area contributed by atoms with Crippen molar-refractivity contribution < 1.29 is 18.7 Å². The molecule has 2 aromatic heterocycles. The first-order chi connectivity index (χ1) is 10.2. The number of amides is 1. The average Bonchev–Trinajstić information content (AvgIpc) is 2.90.